The zero-order valence-electron chi connectivity index (χ0n) is 11.3. The van der Waals surface area contributed by atoms with Crippen molar-refractivity contribution < 1.29 is 30.6 Å². The lowest BCUT2D eigenvalue weighted by Gasteiger charge is -2.48. The van der Waals surface area contributed by atoms with E-state index in [2.05, 4.69) is 4.18 Å². The van der Waals surface area contributed by atoms with Crippen molar-refractivity contribution >= 4 is 15.9 Å². The lowest BCUT2D eigenvalue weighted by molar-refractivity contribution is -0.158. The maximum atomic E-state index is 12.5. The van der Waals surface area contributed by atoms with E-state index in [0.717, 1.165) is 6.42 Å². The highest BCUT2D eigenvalue weighted by atomic mass is 32.2. The van der Waals surface area contributed by atoms with E-state index >= 15 is 0 Å². The van der Waals surface area contributed by atoms with Crippen molar-refractivity contribution in [2.24, 2.45) is 11.3 Å². The van der Waals surface area contributed by atoms with E-state index in [1.54, 1.807) is 13.8 Å². The minimum Gasteiger partial charge on any atom is -0.296 e. The van der Waals surface area contributed by atoms with Gasteiger partial charge in [0.25, 0.3) is 0 Å². The fourth-order valence-corrected chi connectivity index (χ4v) is 4.27. The smallest absolute Gasteiger partial charge is 0.296 e. The fourth-order valence-electron chi connectivity index (χ4n) is 3.53. The maximum Gasteiger partial charge on any atom is 0.523 e. The van der Waals surface area contributed by atoms with Crippen LogP contribution in [0, 0.1) is 11.3 Å². The van der Waals surface area contributed by atoms with Gasteiger partial charge in [-0.3, -0.25) is 4.79 Å². The molecule has 4 nitrogen and oxygen atoms in total. The zero-order valence-corrected chi connectivity index (χ0v) is 12.1. The molecule has 0 aromatic heterocycles. The minimum atomic E-state index is -5.76. The third-order valence-corrected chi connectivity index (χ3v) is 5.30. The second kappa shape index (κ2) is 4.43. The summed E-state index contributed by atoms with van der Waals surface area (Å²) >= 11 is 0. The number of carbonyl (C=O) groups excluding carboxylic acids is 1. The summed E-state index contributed by atoms with van der Waals surface area (Å²) in [7, 11) is -5.76. The molecule has 8 heteroatoms. The molecule has 0 spiro atoms. The average molecular weight is 314 g/mol. The van der Waals surface area contributed by atoms with Gasteiger partial charge in [0.15, 0.2) is 5.78 Å². The molecule has 2 aliphatic rings. The highest BCUT2D eigenvalue weighted by molar-refractivity contribution is 7.87. The molecule has 2 rings (SSSR count). The van der Waals surface area contributed by atoms with Crippen LogP contribution in [-0.4, -0.2) is 25.3 Å². The molecular formula is C12H17F3O4S. The van der Waals surface area contributed by atoms with Gasteiger partial charge in [0.2, 0.25) is 0 Å². The van der Waals surface area contributed by atoms with Gasteiger partial charge in [0.1, 0.15) is 5.60 Å². The molecule has 0 heterocycles. The summed E-state index contributed by atoms with van der Waals surface area (Å²) in [5.74, 6) is -0.506. The highest BCUT2D eigenvalue weighted by Gasteiger charge is 2.60. The summed E-state index contributed by atoms with van der Waals surface area (Å²) in [5.41, 5.74) is -8.19. The van der Waals surface area contributed by atoms with Crippen LogP contribution in [-0.2, 0) is 19.1 Å². The zero-order chi connectivity index (χ0) is 15.4. The van der Waals surface area contributed by atoms with Crippen LogP contribution in [0.5, 0.6) is 0 Å². The number of alkyl halides is 3. The van der Waals surface area contributed by atoms with E-state index in [4.69, 9.17) is 0 Å². The van der Waals surface area contributed by atoms with Crippen LogP contribution in [0.4, 0.5) is 13.2 Å². The summed E-state index contributed by atoms with van der Waals surface area (Å²) in [6.45, 7) is 3.26. The number of halogens is 3. The van der Waals surface area contributed by atoms with Crippen LogP contribution in [0.15, 0.2) is 0 Å². The number of hydrogen-bond acceptors (Lipinski definition) is 4. The number of ketones is 1. The van der Waals surface area contributed by atoms with Crippen molar-refractivity contribution in [3.05, 3.63) is 0 Å². The number of fused-ring (bicyclic) bond motifs is 2. The molecule has 0 aromatic carbocycles. The first-order chi connectivity index (χ1) is 8.90. The van der Waals surface area contributed by atoms with Crippen molar-refractivity contribution in [3.63, 3.8) is 0 Å². The fraction of sp³-hybridized carbons (Fsp3) is 0.917. The summed E-state index contributed by atoms with van der Waals surface area (Å²) in [5, 5.41) is 0. The second-order valence-corrected chi connectivity index (χ2v) is 7.89. The van der Waals surface area contributed by atoms with Crippen LogP contribution < -0.4 is 0 Å². The molecular weight excluding hydrogens is 297 g/mol. The average Bonchev–Trinajstić information content (AvgIpc) is 2.24. The summed E-state index contributed by atoms with van der Waals surface area (Å²) < 4.78 is 64.5. The van der Waals surface area contributed by atoms with E-state index < -0.39 is 32.4 Å². The Morgan fingerprint density at radius 1 is 1.25 bits per heavy atom. The van der Waals surface area contributed by atoms with Gasteiger partial charge in [-0.1, -0.05) is 20.3 Å². The molecule has 116 valence electrons. The van der Waals surface area contributed by atoms with Gasteiger partial charge in [-0.05, 0) is 31.6 Å². The van der Waals surface area contributed by atoms with Crippen LogP contribution in [0.25, 0.3) is 0 Å². The van der Waals surface area contributed by atoms with Gasteiger partial charge in [-0.15, -0.1) is 0 Å². The summed E-state index contributed by atoms with van der Waals surface area (Å²) in [6, 6.07) is 0. The molecule has 0 saturated heterocycles. The first-order valence-corrected chi connectivity index (χ1v) is 7.87. The van der Waals surface area contributed by atoms with Gasteiger partial charge in [-0.25, -0.2) is 4.18 Å². The molecule has 0 amide bonds. The first-order valence-electron chi connectivity index (χ1n) is 6.46. The monoisotopic (exact) mass is 314 g/mol. The van der Waals surface area contributed by atoms with E-state index in [0.29, 0.717) is 12.8 Å². The quantitative estimate of drug-likeness (QED) is 0.581. The lowest BCUT2D eigenvalue weighted by Crippen LogP contribution is -2.57. The second-order valence-electron chi connectivity index (χ2n) is 6.36. The number of rotatable bonds is 2. The molecule has 20 heavy (non-hydrogen) atoms. The first kappa shape index (κ1) is 15.8. The van der Waals surface area contributed by atoms with E-state index in [1.807, 2.05) is 0 Å². The Labute approximate surface area is 115 Å². The number of Topliss-reactive ketones (excluding diaryl/α,β-unsaturated/α-hetero) is 1. The molecule has 0 radical (unpaired) electrons. The predicted molar refractivity (Wildman–Crippen MR) is 64.2 cm³/mol. The lowest BCUT2D eigenvalue weighted by atomic mass is 9.59. The molecule has 0 N–H and O–H groups in total. The third kappa shape index (κ3) is 2.47. The van der Waals surface area contributed by atoms with E-state index in [9.17, 15) is 26.4 Å². The van der Waals surface area contributed by atoms with Crippen LogP contribution in [0.1, 0.15) is 46.0 Å². The van der Waals surface area contributed by atoms with Crippen LogP contribution in [0.2, 0.25) is 0 Å². The van der Waals surface area contributed by atoms with Crippen LogP contribution in [0.3, 0.4) is 0 Å². The Balaban J connectivity index is 2.39. The van der Waals surface area contributed by atoms with Gasteiger partial charge in [-0.2, -0.15) is 21.6 Å². The van der Waals surface area contributed by atoms with Crippen molar-refractivity contribution in [2.75, 3.05) is 0 Å². The highest BCUT2D eigenvalue weighted by Crippen LogP contribution is 2.51. The largest absolute Gasteiger partial charge is 0.523 e. The van der Waals surface area contributed by atoms with Crippen LogP contribution >= 0.6 is 0 Å². The number of hydrogen-bond donors (Lipinski definition) is 0. The standard InChI is InChI=1S/C12H17F3O4S/c1-10(2)6-8-4-3-5-11(7-8,9(10)16)19-20(17,18)12(13,14)15/h8H,3-7H2,1-2H3/t8-,11+/m1/s1. The van der Waals surface area contributed by atoms with Gasteiger partial charge in [0, 0.05) is 5.41 Å². The normalized spacial score (nSPS) is 34.0. The Bertz CT molecular complexity index is 523. The topological polar surface area (TPSA) is 60.4 Å². The molecule has 0 aromatic rings. The Morgan fingerprint density at radius 2 is 1.85 bits per heavy atom. The number of carbonyl (C=O) groups is 1. The molecule has 2 atom stereocenters. The Kier molecular flexibility index (Phi) is 3.49. The van der Waals surface area contributed by atoms with E-state index in [-0.39, 0.29) is 18.8 Å². The third-order valence-electron chi connectivity index (χ3n) is 4.19. The molecule has 2 bridgehead atoms. The molecule has 2 saturated carbocycles. The summed E-state index contributed by atoms with van der Waals surface area (Å²) in [6.07, 6.45) is 1.93. The molecule has 2 aliphatic carbocycles. The van der Waals surface area contributed by atoms with Crippen molar-refractivity contribution in [1.29, 1.82) is 0 Å². The van der Waals surface area contributed by atoms with Crippen molar-refractivity contribution in [3.8, 4) is 0 Å². The summed E-state index contributed by atoms with van der Waals surface area (Å²) in [4.78, 5) is 12.4. The minimum absolute atomic E-state index is 0.0277. The molecule has 2 fully saturated rings. The van der Waals surface area contributed by atoms with Crippen molar-refractivity contribution in [2.45, 2.75) is 57.1 Å². The predicted octanol–water partition coefficient (Wildman–Crippen LogP) is 2.78. The maximum absolute atomic E-state index is 12.5. The van der Waals surface area contributed by atoms with Gasteiger partial charge >= 0.3 is 15.6 Å². The Morgan fingerprint density at radius 3 is 2.40 bits per heavy atom. The van der Waals surface area contributed by atoms with E-state index in [1.165, 1.54) is 0 Å². The van der Waals surface area contributed by atoms with Gasteiger partial charge in [0.05, 0.1) is 0 Å². The molecule has 0 aliphatic heterocycles. The van der Waals surface area contributed by atoms with Gasteiger partial charge < -0.3 is 0 Å². The molecule has 0 unspecified atom stereocenters. The van der Waals surface area contributed by atoms with Crippen molar-refractivity contribution in [1.82, 2.24) is 0 Å². The SMILES string of the molecule is CC1(C)C[C@H]2CCC[C@](OS(=O)(=O)C(F)(F)F)(C2)C1=O. The Hall–Kier alpha value is -0.630.